The maximum absolute atomic E-state index is 5.65. The molecule has 0 aliphatic rings. The number of rotatable bonds is 15. The lowest BCUT2D eigenvalue weighted by Gasteiger charge is -2.06. The Morgan fingerprint density at radius 1 is 0.750 bits per heavy atom. The zero-order valence-electron chi connectivity index (χ0n) is 16.1. The van der Waals surface area contributed by atoms with Crippen molar-refractivity contribution in [2.75, 3.05) is 6.61 Å². The van der Waals surface area contributed by atoms with E-state index in [1.54, 1.807) is 0 Å². The van der Waals surface area contributed by atoms with Gasteiger partial charge in [0.05, 0.1) is 6.61 Å². The van der Waals surface area contributed by atoms with E-state index in [-0.39, 0.29) is 0 Å². The van der Waals surface area contributed by atoms with E-state index in [1.807, 2.05) is 19.1 Å². The summed E-state index contributed by atoms with van der Waals surface area (Å²) >= 11 is 0. The summed E-state index contributed by atoms with van der Waals surface area (Å²) in [6.45, 7) is 5.04. The monoisotopic (exact) mass is 330 g/mol. The van der Waals surface area contributed by atoms with E-state index in [0.29, 0.717) is 0 Å². The van der Waals surface area contributed by atoms with Crippen molar-refractivity contribution >= 4 is 6.08 Å². The van der Waals surface area contributed by atoms with Crippen LogP contribution in [-0.4, -0.2) is 6.61 Å². The second kappa shape index (κ2) is 15.3. The van der Waals surface area contributed by atoms with Gasteiger partial charge in [-0.05, 0) is 25.8 Å². The average molecular weight is 331 g/mol. The quantitative estimate of drug-likeness (QED) is 0.298. The zero-order valence-corrected chi connectivity index (χ0v) is 16.1. The van der Waals surface area contributed by atoms with Crippen LogP contribution in [-0.2, 0) is 0 Å². The predicted octanol–water partition coefficient (Wildman–Crippen LogP) is 7.80. The van der Waals surface area contributed by atoms with Gasteiger partial charge in [0.1, 0.15) is 5.75 Å². The molecule has 0 bridgehead atoms. The van der Waals surface area contributed by atoms with Crippen LogP contribution in [0.15, 0.2) is 30.3 Å². The molecule has 0 heterocycles. The largest absolute Gasteiger partial charge is 0.493 e. The first kappa shape index (κ1) is 20.8. The molecule has 136 valence electrons. The van der Waals surface area contributed by atoms with E-state index < -0.39 is 0 Å². The maximum Gasteiger partial charge on any atom is 0.126 e. The number of hydrogen-bond donors (Lipinski definition) is 0. The summed E-state index contributed by atoms with van der Waals surface area (Å²) < 4.78 is 5.65. The first-order valence-electron chi connectivity index (χ1n) is 10.3. The van der Waals surface area contributed by atoms with Gasteiger partial charge in [0.15, 0.2) is 0 Å². The first-order chi connectivity index (χ1) is 11.9. The molecule has 0 amide bonds. The molecule has 0 aliphatic carbocycles. The van der Waals surface area contributed by atoms with Crippen molar-refractivity contribution in [3.8, 4) is 5.75 Å². The molecule has 0 unspecified atom stereocenters. The highest BCUT2D eigenvalue weighted by Crippen LogP contribution is 2.20. The SMILES string of the molecule is CCCCCCCCCCCCC/C=C/c1ccccc1OCC. The molecule has 24 heavy (non-hydrogen) atoms. The van der Waals surface area contributed by atoms with Crippen LogP contribution in [0.4, 0.5) is 0 Å². The summed E-state index contributed by atoms with van der Waals surface area (Å²) in [6, 6.07) is 8.28. The van der Waals surface area contributed by atoms with Crippen LogP contribution in [0.25, 0.3) is 6.08 Å². The Morgan fingerprint density at radius 2 is 1.33 bits per heavy atom. The molecule has 0 atom stereocenters. The van der Waals surface area contributed by atoms with Crippen LogP contribution in [0.1, 0.15) is 96.5 Å². The highest BCUT2D eigenvalue weighted by Gasteiger charge is 1.97. The van der Waals surface area contributed by atoms with Gasteiger partial charge in [-0.15, -0.1) is 0 Å². The zero-order chi connectivity index (χ0) is 17.3. The average Bonchev–Trinajstić information content (AvgIpc) is 2.60. The van der Waals surface area contributed by atoms with Crippen molar-refractivity contribution in [1.82, 2.24) is 0 Å². The van der Waals surface area contributed by atoms with Crippen molar-refractivity contribution in [2.45, 2.75) is 90.9 Å². The van der Waals surface area contributed by atoms with E-state index in [9.17, 15) is 0 Å². The molecule has 1 rings (SSSR count). The van der Waals surface area contributed by atoms with Crippen LogP contribution in [0.2, 0.25) is 0 Å². The Hall–Kier alpha value is -1.24. The summed E-state index contributed by atoms with van der Waals surface area (Å²) in [5.41, 5.74) is 1.20. The summed E-state index contributed by atoms with van der Waals surface area (Å²) in [4.78, 5) is 0. The molecule has 1 nitrogen and oxygen atoms in total. The lowest BCUT2D eigenvalue weighted by atomic mass is 10.0. The number of ether oxygens (including phenoxy) is 1. The molecule has 1 heteroatoms. The van der Waals surface area contributed by atoms with Gasteiger partial charge in [0, 0.05) is 5.56 Å². The Morgan fingerprint density at radius 3 is 1.96 bits per heavy atom. The summed E-state index contributed by atoms with van der Waals surface area (Å²) in [7, 11) is 0. The molecule has 0 aromatic heterocycles. The van der Waals surface area contributed by atoms with E-state index in [1.165, 1.54) is 82.6 Å². The van der Waals surface area contributed by atoms with Crippen molar-refractivity contribution in [2.24, 2.45) is 0 Å². The lowest BCUT2D eigenvalue weighted by Crippen LogP contribution is -1.93. The van der Waals surface area contributed by atoms with Gasteiger partial charge in [-0.3, -0.25) is 0 Å². The second-order valence-corrected chi connectivity index (χ2v) is 6.70. The first-order valence-corrected chi connectivity index (χ1v) is 10.3. The number of hydrogen-bond acceptors (Lipinski definition) is 1. The third kappa shape index (κ3) is 10.5. The molecule has 0 aliphatic heterocycles. The van der Waals surface area contributed by atoms with Crippen LogP contribution < -0.4 is 4.74 Å². The molecular formula is C23H38O. The van der Waals surface area contributed by atoms with Gasteiger partial charge in [-0.25, -0.2) is 0 Å². The van der Waals surface area contributed by atoms with Gasteiger partial charge in [-0.1, -0.05) is 101 Å². The van der Waals surface area contributed by atoms with Crippen LogP contribution in [0, 0.1) is 0 Å². The molecule has 0 N–H and O–H groups in total. The van der Waals surface area contributed by atoms with Gasteiger partial charge in [0.2, 0.25) is 0 Å². The fraction of sp³-hybridized carbons (Fsp3) is 0.652. The number of unbranched alkanes of at least 4 members (excludes halogenated alkanes) is 11. The van der Waals surface area contributed by atoms with Crippen LogP contribution in [0.3, 0.4) is 0 Å². The second-order valence-electron chi connectivity index (χ2n) is 6.70. The molecule has 0 radical (unpaired) electrons. The van der Waals surface area contributed by atoms with Gasteiger partial charge in [0.25, 0.3) is 0 Å². The number of para-hydroxylation sites is 1. The Bertz CT molecular complexity index is 422. The van der Waals surface area contributed by atoms with Crippen molar-refractivity contribution in [3.63, 3.8) is 0 Å². The van der Waals surface area contributed by atoms with E-state index >= 15 is 0 Å². The highest BCUT2D eigenvalue weighted by atomic mass is 16.5. The molecule has 0 saturated heterocycles. The van der Waals surface area contributed by atoms with Crippen molar-refractivity contribution in [3.05, 3.63) is 35.9 Å². The van der Waals surface area contributed by atoms with E-state index in [2.05, 4.69) is 31.2 Å². The fourth-order valence-electron chi connectivity index (χ4n) is 3.04. The van der Waals surface area contributed by atoms with Crippen molar-refractivity contribution in [1.29, 1.82) is 0 Å². The minimum absolute atomic E-state index is 0.726. The van der Waals surface area contributed by atoms with Crippen molar-refractivity contribution < 1.29 is 4.74 Å². The third-order valence-corrected chi connectivity index (χ3v) is 4.49. The third-order valence-electron chi connectivity index (χ3n) is 4.49. The van der Waals surface area contributed by atoms with Gasteiger partial charge >= 0.3 is 0 Å². The fourth-order valence-corrected chi connectivity index (χ4v) is 3.04. The topological polar surface area (TPSA) is 9.23 Å². The molecule has 1 aromatic rings. The summed E-state index contributed by atoms with van der Waals surface area (Å²) in [6.07, 6.45) is 21.2. The molecule has 1 aromatic carbocycles. The van der Waals surface area contributed by atoms with Gasteiger partial charge < -0.3 is 4.74 Å². The van der Waals surface area contributed by atoms with Gasteiger partial charge in [-0.2, -0.15) is 0 Å². The van der Waals surface area contributed by atoms with Crippen LogP contribution in [0.5, 0.6) is 5.75 Å². The van der Waals surface area contributed by atoms with E-state index in [4.69, 9.17) is 4.74 Å². The summed E-state index contributed by atoms with van der Waals surface area (Å²) in [5.74, 6) is 0.996. The summed E-state index contributed by atoms with van der Waals surface area (Å²) in [5, 5.41) is 0. The number of benzene rings is 1. The maximum atomic E-state index is 5.65. The Kier molecular flexibility index (Phi) is 13.3. The van der Waals surface area contributed by atoms with Crippen LogP contribution >= 0.6 is 0 Å². The normalized spacial score (nSPS) is 11.2. The standard InChI is InChI=1S/C23H38O/c1-3-5-6-7-8-9-10-11-12-13-14-15-16-19-22-20-17-18-21-23(22)24-4-2/h16-21H,3-15H2,1-2H3/b19-16+. The Labute approximate surface area is 150 Å². The molecule has 0 fully saturated rings. The minimum Gasteiger partial charge on any atom is -0.493 e. The Balaban J connectivity index is 1.98. The smallest absolute Gasteiger partial charge is 0.126 e. The lowest BCUT2D eigenvalue weighted by molar-refractivity contribution is 0.339. The van der Waals surface area contributed by atoms with E-state index in [0.717, 1.165) is 12.4 Å². The predicted molar refractivity (Wildman–Crippen MR) is 108 cm³/mol. The number of allylic oxidation sites excluding steroid dienone is 1. The minimum atomic E-state index is 0.726. The molecular weight excluding hydrogens is 292 g/mol. The molecule has 0 spiro atoms. The molecule has 0 saturated carbocycles. The highest BCUT2D eigenvalue weighted by molar-refractivity contribution is 5.57.